The van der Waals surface area contributed by atoms with Crippen LogP contribution in [-0.2, 0) is 19.7 Å². The summed E-state index contributed by atoms with van der Waals surface area (Å²) in [6, 6.07) is 0. The molecule has 18 heavy (non-hydrogen) atoms. The number of allylic oxidation sites excluding steroid dienone is 3. The van der Waals surface area contributed by atoms with Crippen molar-refractivity contribution >= 4 is 51.5 Å². The van der Waals surface area contributed by atoms with Gasteiger partial charge in [0.25, 0.3) is 0 Å². The van der Waals surface area contributed by atoms with Crippen LogP contribution in [0.3, 0.4) is 0 Å². The Kier molecular flexibility index (Phi) is 8.66. The number of alkyl halides is 2. The van der Waals surface area contributed by atoms with Crippen LogP contribution >= 0.6 is 31.9 Å². The van der Waals surface area contributed by atoms with E-state index in [4.69, 9.17) is 0 Å². The normalized spacial score (nSPS) is 14.3. The lowest BCUT2D eigenvalue weighted by Crippen LogP contribution is -2.05. The lowest BCUT2D eigenvalue weighted by Gasteiger charge is -2.04. The van der Waals surface area contributed by atoms with Gasteiger partial charge in [0.05, 0.1) is 0 Å². The summed E-state index contributed by atoms with van der Waals surface area (Å²) in [7, 11) is -6.62. The number of unbranched alkanes of at least 4 members (excludes halogenated alkanes) is 1. The van der Waals surface area contributed by atoms with Crippen LogP contribution in [0.5, 0.6) is 0 Å². The molecule has 0 aromatic carbocycles. The van der Waals surface area contributed by atoms with Crippen molar-refractivity contribution in [3.05, 3.63) is 22.5 Å². The van der Waals surface area contributed by atoms with Crippen molar-refractivity contribution < 1.29 is 16.8 Å². The molecule has 0 unspecified atom stereocenters. The van der Waals surface area contributed by atoms with Gasteiger partial charge in [0.15, 0.2) is 19.7 Å². The van der Waals surface area contributed by atoms with E-state index >= 15 is 0 Å². The van der Waals surface area contributed by atoms with Crippen LogP contribution in [0.4, 0.5) is 0 Å². The van der Waals surface area contributed by atoms with Gasteiger partial charge in [-0.1, -0.05) is 57.4 Å². The average molecular weight is 424 g/mol. The predicted octanol–water partition coefficient (Wildman–Crippen LogP) is 3.11. The zero-order valence-corrected chi connectivity index (χ0v) is 14.8. The van der Waals surface area contributed by atoms with E-state index < -0.39 is 19.7 Å². The zero-order valence-electron chi connectivity index (χ0n) is 9.97. The Morgan fingerprint density at radius 2 is 1.72 bits per heavy atom. The molecule has 0 N–H and O–H groups in total. The second-order valence-corrected chi connectivity index (χ2v) is 10.1. The van der Waals surface area contributed by atoms with Crippen molar-refractivity contribution in [3.63, 3.8) is 0 Å². The molecule has 0 saturated carbocycles. The number of halogens is 2. The van der Waals surface area contributed by atoms with E-state index in [0.717, 1.165) is 11.8 Å². The molecule has 106 valence electrons. The summed E-state index contributed by atoms with van der Waals surface area (Å²) in [6.45, 7) is 1.94. The lowest BCUT2D eigenvalue weighted by molar-refractivity contribution is 0.604. The number of rotatable bonds is 8. The van der Waals surface area contributed by atoms with Crippen molar-refractivity contribution in [2.75, 3.05) is 9.32 Å². The van der Waals surface area contributed by atoms with Crippen LogP contribution in [0.2, 0.25) is 0 Å². The smallest absolute Gasteiger partial charge is 0.184 e. The highest BCUT2D eigenvalue weighted by Crippen LogP contribution is 2.17. The summed E-state index contributed by atoms with van der Waals surface area (Å²) in [5, 5.41) is 1.03. The van der Waals surface area contributed by atoms with E-state index in [1.807, 2.05) is 6.92 Å². The number of hydrogen-bond acceptors (Lipinski definition) is 4. The van der Waals surface area contributed by atoms with Gasteiger partial charge in [-0.15, -0.1) is 0 Å². The minimum atomic E-state index is -3.34. The maximum Gasteiger partial charge on any atom is 0.184 e. The van der Waals surface area contributed by atoms with Gasteiger partial charge < -0.3 is 0 Å². The maximum absolute atomic E-state index is 11.7. The lowest BCUT2D eigenvalue weighted by atomic mass is 10.3. The van der Waals surface area contributed by atoms with Crippen LogP contribution in [0.1, 0.15) is 26.2 Å². The Morgan fingerprint density at radius 1 is 1.11 bits per heavy atom. The predicted molar refractivity (Wildman–Crippen MR) is 82.2 cm³/mol. The Bertz CT molecular complexity index is 504. The van der Waals surface area contributed by atoms with Gasteiger partial charge in [0.2, 0.25) is 0 Å². The minimum absolute atomic E-state index is 0.0974. The molecule has 0 aliphatic rings. The summed E-state index contributed by atoms with van der Waals surface area (Å²) < 4.78 is 45.5. The molecule has 0 rings (SSSR count). The summed E-state index contributed by atoms with van der Waals surface area (Å²) in [5.41, 5.74) is 0. The second-order valence-electron chi connectivity index (χ2n) is 3.53. The fourth-order valence-electron chi connectivity index (χ4n) is 1.06. The Morgan fingerprint density at radius 3 is 2.17 bits per heavy atom. The molecule has 0 fully saturated rings. The van der Waals surface area contributed by atoms with E-state index in [2.05, 4.69) is 31.9 Å². The molecule has 0 aliphatic carbocycles. The molecule has 0 atom stereocenters. The molecule has 0 aliphatic heterocycles. The van der Waals surface area contributed by atoms with E-state index in [1.54, 1.807) is 6.08 Å². The summed E-state index contributed by atoms with van der Waals surface area (Å²) >= 11 is 5.78. The first-order chi connectivity index (χ1) is 8.29. The average Bonchev–Trinajstić information content (AvgIpc) is 2.33. The van der Waals surface area contributed by atoms with Gasteiger partial charge in [-0.3, -0.25) is 0 Å². The molecule has 0 amide bonds. The topological polar surface area (TPSA) is 68.3 Å². The fraction of sp³-hybridized carbons (Fsp3) is 0.600. The first-order valence-corrected chi connectivity index (χ1v) is 10.8. The Labute approximate surface area is 126 Å². The van der Waals surface area contributed by atoms with Crippen LogP contribution in [0.25, 0.3) is 0 Å². The molecular weight excluding hydrogens is 408 g/mol. The third-order valence-electron chi connectivity index (χ3n) is 1.98. The molecule has 0 bridgehead atoms. The molecule has 0 aromatic rings. The standard InChI is InChI=1S/C10H16Br2O4S2/c1-2-3-5-10(18(15,16)9-12)6-4-7-17(13,14)8-11/h4-5,7H,2-3,6,8-9H2,1H3. The third kappa shape index (κ3) is 7.06. The number of hydrogen-bond donors (Lipinski definition) is 0. The molecule has 0 saturated heterocycles. The molecule has 8 heteroatoms. The molecule has 0 radical (unpaired) electrons. The molecule has 0 aromatic heterocycles. The Hall–Kier alpha value is 0.340. The van der Waals surface area contributed by atoms with Crippen LogP contribution in [0, 0.1) is 0 Å². The Balaban J connectivity index is 4.96. The first-order valence-electron chi connectivity index (χ1n) is 5.22. The van der Waals surface area contributed by atoms with Crippen molar-refractivity contribution in [2.24, 2.45) is 0 Å². The maximum atomic E-state index is 11.7. The van der Waals surface area contributed by atoms with Crippen LogP contribution < -0.4 is 0 Å². The van der Waals surface area contributed by atoms with Gasteiger partial charge in [-0.25, -0.2) is 16.8 Å². The summed E-state index contributed by atoms with van der Waals surface area (Å²) in [4.78, 5) is 0.252. The summed E-state index contributed by atoms with van der Waals surface area (Å²) in [5.74, 6) is 0. The largest absolute Gasteiger partial charge is 0.223 e. The van der Waals surface area contributed by atoms with E-state index in [0.29, 0.717) is 6.42 Å². The van der Waals surface area contributed by atoms with Crippen molar-refractivity contribution in [1.82, 2.24) is 0 Å². The monoisotopic (exact) mass is 422 g/mol. The first kappa shape index (κ1) is 18.3. The fourth-order valence-corrected chi connectivity index (χ4v) is 3.72. The van der Waals surface area contributed by atoms with Gasteiger partial charge >= 0.3 is 0 Å². The third-order valence-corrected chi connectivity index (χ3v) is 8.03. The SMILES string of the molecule is CCCC=C(CC=CS(=O)(=O)CBr)S(=O)(=O)CBr. The quantitative estimate of drug-likeness (QED) is 0.562. The molecule has 4 nitrogen and oxygen atoms in total. The second kappa shape index (κ2) is 8.50. The van der Waals surface area contributed by atoms with E-state index in [-0.39, 0.29) is 20.7 Å². The minimum Gasteiger partial charge on any atom is -0.223 e. The van der Waals surface area contributed by atoms with E-state index in [9.17, 15) is 16.8 Å². The van der Waals surface area contributed by atoms with Crippen molar-refractivity contribution in [1.29, 1.82) is 0 Å². The highest BCUT2D eigenvalue weighted by atomic mass is 79.9. The summed E-state index contributed by atoms with van der Waals surface area (Å²) in [6.07, 6.45) is 4.59. The molecular formula is C10H16Br2O4S2. The van der Waals surface area contributed by atoms with Gasteiger partial charge in [-0.05, 0) is 6.42 Å². The van der Waals surface area contributed by atoms with Crippen molar-refractivity contribution in [3.8, 4) is 0 Å². The van der Waals surface area contributed by atoms with Crippen LogP contribution in [-0.4, -0.2) is 26.2 Å². The van der Waals surface area contributed by atoms with Crippen LogP contribution in [0.15, 0.2) is 22.5 Å². The van der Waals surface area contributed by atoms with Gasteiger partial charge in [-0.2, -0.15) is 0 Å². The molecule has 0 heterocycles. The highest BCUT2D eigenvalue weighted by molar-refractivity contribution is 9.11. The van der Waals surface area contributed by atoms with E-state index in [1.165, 1.54) is 6.08 Å². The van der Waals surface area contributed by atoms with Gasteiger partial charge in [0, 0.05) is 16.7 Å². The van der Waals surface area contributed by atoms with Crippen molar-refractivity contribution in [2.45, 2.75) is 26.2 Å². The zero-order chi connectivity index (χ0) is 14.2. The highest BCUT2D eigenvalue weighted by Gasteiger charge is 2.14. The number of sulfone groups is 2. The molecule has 0 spiro atoms. The van der Waals surface area contributed by atoms with Gasteiger partial charge in [0.1, 0.15) is 9.32 Å².